The van der Waals surface area contributed by atoms with Crippen LogP contribution in [0.2, 0.25) is 0 Å². The van der Waals surface area contributed by atoms with E-state index >= 15 is 0 Å². The van der Waals surface area contributed by atoms with E-state index in [9.17, 15) is 24.3 Å². The van der Waals surface area contributed by atoms with Gasteiger partial charge >= 0.3 is 17.9 Å². The standard InChI is InChI=1S/C44H48O9/c1-8-14-35-43(25-50-35,53-29(5)45)38-26(2)27(3)39(47)37-28(4)34(51-36(46)22-20-30-19-21-31-15-12-13-18-33(31)23-30)24-44(49,42(37,6)7)40(38)52-41(48)32-16-10-9-11-17-32/h9-13,15-23,34-35,38,40,49H,8,14,24-25H2,1-7H3/b22-20+,27-26-/t34-,35+,38+,40-,43-,44+/m0/s1. The molecule has 1 N–H and O–H groups in total. The van der Waals surface area contributed by atoms with Crippen LogP contribution in [0.5, 0.6) is 0 Å². The van der Waals surface area contributed by atoms with Crippen LogP contribution in [-0.4, -0.2) is 64.9 Å². The number of carbonyl (C=O) groups excluding carboxylic acids is 4. The van der Waals surface area contributed by atoms with E-state index < -0.39 is 58.8 Å². The zero-order valence-electron chi connectivity index (χ0n) is 31.4. The molecule has 1 saturated heterocycles. The fourth-order valence-corrected chi connectivity index (χ4v) is 8.60. The van der Waals surface area contributed by atoms with Gasteiger partial charge in [-0.1, -0.05) is 87.4 Å². The molecule has 3 aromatic rings. The zero-order chi connectivity index (χ0) is 38.3. The quantitative estimate of drug-likeness (QED) is 0.136. The van der Waals surface area contributed by atoms with Gasteiger partial charge in [-0.15, -0.1) is 0 Å². The van der Waals surface area contributed by atoms with Crippen molar-refractivity contribution >= 4 is 40.5 Å². The lowest BCUT2D eigenvalue weighted by molar-refractivity contribution is -0.294. The molecular weight excluding hydrogens is 672 g/mol. The average molecular weight is 721 g/mol. The van der Waals surface area contributed by atoms with Gasteiger partial charge in [-0.2, -0.15) is 0 Å². The van der Waals surface area contributed by atoms with Gasteiger partial charge in [-0.3, -0.25) is 9.59 Å². The molecule has 2 bridgehead atoms. The van der Waals surface area contributed by atoms with E-state index in [1.54, 1.807) is 71.0 Å². The zero-order valence-corrected chi connectivity index (χ0v) is 31.4. The Balaban J connectivity index is 1.48. The number of hydrogen-bond donors (Lipinski definition) is 1. The minimum Gasteiger partial charge on any atom is -0.455 e. The Morgan fingerprint density at radius 1 is 0.925 bits per heavy atom. The molecule has 9 heteroatoms. The number of allylic oxidation sites excluding steroid dienone is 1. The Kier molecular flexibility index (Phi) is 10.4. The molecule has 0 amide bonds. The lowest BCUT2D eigenvalue weighted by atomic mass is 9.52. The molecule has 1 aliphatic heterocycles. The molecule has 9 nitrogen and oxygen atoms in total. The summed E-state index contributed by atoms with van der Waals surface area (Å²) in [6.07, 6.45) is 0.951. The molecule has 0 spiro atoms. The van der Waals surface area contributed by atoms with Crippen molar-refractivity contribution in [2.75, 3.05) is 6.61 Å². The fraction of sp³-hybridized carbons (Fsp3) is 0.409. The Hall–Kier alpha value is -4.86. The highest BCUT2D eigenvalue weighted by molar-refractivity contribution is 6.10. The van der Waals surface area contributed by atoms with Crippen LogP contribution in [0.1, 0.15) is 83.7 Å². The van der Waals surface area contributed by atoms with Gasteiger partial charge in [0.1, 0.15) is 23.9 Å². The minimum atomic E-state index is -2.01. The molecule has 3 aromatic carbocycles. The molecule has 6 rings (SSSR count). The van der Waals surface area contributed by atoms with Gasteiger partial charge in [0.25, 0.3) is 0 Å². The third-order valence-electron chi connectivity index (χ3n) is 11.6. The van der Waals surface area contributed by atoms with Gasteiger partial charge in [0.05, 0.1) is 18.1 Å². The summed E-state index contributed by atoms with van der Waals surface area (Å²) in [6, 6.07) is 22.2. The van der Waals surface area contributed by atoms with Crippen LogP contribution in [0.3, 0.4) is 0 Å². The molecule has 0 radical (unpaired) electrons. The first kappa shape index (κ1) is 37.9. The number of ether oxygens (including phenoxy) is 4. The van der Waals surface area contributed by atoms with Crippen molar-refractivity contribution in [3.63, 3.8) is 0 Å². The third-order valence-corrected chi connectivity index (χ3v) is 11.6. The van der Waals surface area contributed by atoms with Crippen LogP contribution < -0.4 is 0 Å². The second-order valence-electron chi connectivity index (χ2n) is 15.1. The number of aliphatic hydroxyl groups is 1. The lowest BCUT2D eigenvalue weighted by Gasteiger charge is -2.60. The van der Waals surface area contributed by atoms with E-state index in [-0.39, 0.29) is 29.9 Å². The number of Topliss-reactive ketones (excluding diaryl/α,β-unsaturated/α-hetero) is 1. The van der Waals surface area contributed by atoms with Crippen molar-refractivity contribution in [1.82, 2.24) is 0 Å². The minimum absolute atomic E-state index is 0.0314. The first-order valence-corrected chi connectivity index (χ1v) is 18.2. The lowest BCUT2D eigenvalue weighted by Crippen LogP contribution is -2.73. The third kappa shape index (κ3) is 6.65. The van der Waals surface area contributed by atoms with Crippen molar-refractivity contribution in [2.24, 2.45) is 11.3 Å². The first-order valence-electron chi connectivity index (χ1n) is 18.2. The number of fused-ring (bicyclic) bond motifs is 3. The van der Waals surface area contributed by atoms with Gasteiger partial charge in [0.2, 0.25) is 0 Å². The topological polar surface area (TPSA) is 125 Å². The maximum absolute atomic E-state index is 14.7. The Labute approximate surface area is 310 Å². The van der Waals surface area contributed by atoms with Crippen molar-refractivity contribution in [3.05, 3.63) is 112 Å². The molecule has 0 aromatic heterocycles. The number of carbonyl (C=O) groups is 4. The first-order chi connectivity index (χ1) is 25.1. The molecule has 3 aliphatic rings. The summed E-state index contributed by atoms with van der Waals surface area (Å²) in [7, 11) is 0. The van der Waals surface area contributed by atoms with Crippen LogP contribution in [0.25, 0.3) is 16.8 Å². The summed E-state index contributed by atoms with van der Waals surface area (Å²) in [4.78, 5) is 55.1. The van der Waals surface area contributed by atoms with Crippen molar-refractivity contribution in [2.45, 2.75) is 97.2 Å². The van der Waals surface area contributed by atoms with Gasteiger partial charge in [0.15, 0.2) is 11.4 Å². The second kappa shape index (κ2) is 14.5. The SMILES string of the molecule is CCC[C@H]1OC[C@@]1(OC(C)=O)[C@@H]1/C(C)=C(/C)C(=O)C2=C(C)[C@@H](OC(=O)/C=C/c3ccc4ccccc4c3)C[C@@](O)([C@H]1OC(=O)c1ccccc1)C2(C)C. The monoisotopic (exact) mass is 720 g/mol. The maximum atomic E-state index is 14.7. The van der Waals surface area contributed by atoms with Crippen LogP contribution in [0, 0.1) is 11.3 Å². The Morgan fingerprint density at radius 2 is 1.60 bits per heavy atom. The van der Waals surface area contributed by atoms with Crippen LogP contribution in [0.15, 0.2) is 101 Å². The maximum Gasteiger partial charge on any atom is 0.338 e. The van der Waals surface area contributed by atoms with E-state index in [0.717, 1.165) is 16.3 Å². The van der Waals surface area contributed by atoms with E-state index in [4.69, 9.17) is 18.9 Å². The highest BCUT2D eigenvalue weighted by Gasteiger charge is 2.69. The predicted octanol–water partition coefficient (Wildman–Crippen LogP) is 7.50. The number of ketones is 1. The smallest absolute Gasteiger partial charge is 0.338 e. The molecule has 1 heterocycles. The van der Waals surface area contributed by atoms with E-state index in [1.165, 1.54) is 13.0 Å². The average Bonchev–Trinajstić information content (AvgIpc) is 3.13. The number of hydrogen-bond acceptors (Lipinski definition) is 9. The molecule has 2 aliphatic carbocycles. The van der Waals surface area contributed by atoms with Crippen molar-refractivity contribution < 1.29 is 43.2 Å². The summed E-state index contributed by atoms with van der Waals surface area (Å²) >= 11 is 0. The molecular formula is C44H48O9. The highest BCUT2D eigenvalue weighted by Crippen LogP contribution is 2.58. The van der Waals surface area contributed by atoms with Gasteiger partial charge < -0.3 is 24.1 Å². The van der Waals surface area contributed by atoms with Gasteiger partial charge in [0, 0.05) is 30.4 Å². The van der Waals surface area contributed by atoms with Gasteiger partial charge in [-0.05, 0) is 78.9 Å². The van der Waals surface area contributed by atoms with Crippen molar-refractivity contribution in [1.29, 1.82) is 0 Å². The Bertz CT molecular complexity index is 2040. The number of rotatable bonds is 9. The van der Waals surface area contributed by atoms with E-state index in [0.29, 0.717) is 29.6 Å². The van der Waals surface area contributed by atoms with Gasteiger partial charge in [-0.25, -0.2) is 9.59 Å². The van der Waals surface area contributed by atoms with Crippen molar-refractivity contribution in [3.8, 4) is 0 Å². The normalized spacial score (nSPS) is 29.6. The molecule has 0 saturated carbocycles. The predicted molar refractivity (Wildman–Crippen MR) is 201 cm³/mol. The number of esters is 3. The molecule has 0 unspecified atom stereocenters. The molecule has 6 atom stereocenters. The summed E-state index contributed by atoms with van der Waals surface area (Å²) in [6.45, 7) is 11.9. The molecule has 278 valence electrons. The fourth-order valence-electron chi connectivity index (χ4n) is 8.60. The second-order valence-corrected chi connectivity index (χ2v) is 15.1. The Morgan fingerprint density at radius 3 is 2.25 bits per heavy atom. The van der Waals surface area contributed by atoms with Crippen LogP contribution in [-0.2, 0) is 33.3 Å². The summed E-state index contributed by atoms with van der Waals surface area (Å²) in [5.41, 5.74) is -2.02. The highest BCUT2D eigenvalue weighted by atomic mass is 16.6. The van der Waals surface area contributed by atoms with Crippen LogP contribution in [0.4, 0.5) is 0 Å². The summed E-state index contributed by atoms with van der Waals surface area (Å²) in [5, 5.41) is 15.4. The van der Waals surface area contributed by atoms with E-state index in [1.807, 2.05) is 49.4 Å². The molecule has 1 fully saturated rings. The summed E-state index contributed by atoms with van der Waals surface area (Å²) in [5.74, 6) is -3.27. The van der Waals surface area contributed by atoms with Crippen LogP contribution >= 0.6 is 0 Å². The summed E-state index contributed by atoms with van der Waals surface area (Å²) < 4.78 is 24.8. The largest absolute Gasteiger partial charge is 0.455 e. The number of benzene rings is 3. The molecule has 53 heavy (non-hydrogen) atoms. The van der Waals surface area contributed by atoms with E-state index in [2.05, 4.69) is 0 Å².